The van der Waals surface area contributed by atoms with Crippen LogP contribution in [0.4, 0.5) is 0 Å². The molecule has 0 N–H and O–H groups in total. The van der Waals surface area contributed by atoms with E-state index in [-0.39, 0.29) is 24.2 Å². The van der Waals surface area contributed by atoms with E-state index in [1.807, 2.05) is 41.3 Å². The second-order valence-corrected chi connectivity index (χ2v) is 8.45. The first-order valence-electron chi connectivity index (χ1n) is 10.9. The van der Waals surface area contributed by atoms with Gasteiger partial charge in [-0.05, 0) is 51.0 Å². The first kappa shape index (κ1) is 20.8. The molecule has 6 nitrogen and oxygen atoms in total. The van der Waals surface area contributed by atoms with Crippen molar-refractivity contribution in [1.29, 1.82) is 0 Å². The quantitative estimate of drug-likeness (QED) is 0.732. The van der Waals surface area contributed by atoms with Gasteiger partial charge in [-0.2, -0.15) is 0 Å². The Morgan fingerprint density at radius 3 is 2.80 bits per heavy atom. The Hall–Kier alpha value is -2.44. The van der Waals surface area contributed by atoms with Crippen molar-refractivity contribution >= 4 is 5.91 Å². The molecule has 160 valence electrons. The van der Waals surface area contributed by atoms with Crippen LogP contribution >= 0.6 is 0 Å². The minimum absolute atomic E-state index is 0.0960. The lowest BCUT2D eigenvalue weighted by molar-refractivity contribution is -0.0715. The molecule has 3 atom stereocenters. The van der Waals surface area contributed by atoms with Crippen LogP contribution in [0.2, 0.25) is 0 Å². The molecule has 1 aromatic carbocycles. The molecule has 4 rings (SSSR count). The van der Waals surface area contributed by atoms with E-state index >= 15 is 0 Å². The molecule has 2 saturated heterocycles. The van der Waals surface area contributed by atoms with Crippen molar-refractivity contribution in [3.63, 3.8) is 0 Å². The normalized spacial score (nSPS) is 24.7. The lowest BCUT2D eigenvalue weighted by atomic mass is 10.1. The maximum atomic E-state index is 13.3. The van der Waals surface area contributed by atoms with E-state index in [1.165, 1.54) is 0 Å². The summed E-state index contributed by atoms with van der Waals surface area (Å²) in [6.45, 7) is 8.28. The third kappa shape index (κ3) is 5.18. The van der Waals surface area contributed by atoms with Crippen LogP contribution in [0.5, 0.6) is 5.75 Å². The zero-order valence-electron chi connectivity index (χ0n) is 17.9. The van der Waals surface area contributed by atoms with E-state index in [9.17, 15) is 4.79 Å². The van der Waals surface area contributed by atoms with Gasteiger partial charge in [0.15, 0.2) is 0 Å². The number of benzene rings is 1. The SMILES string of the molecule is CC1CN(CC2CCCN2C(=O)c2cccc(OCc3cccnc3)c2)CC(C)O1. The van der Waals surface area contributed by atoms with E-state index in [2.05, 4.69) is 23.7 Å². The number of carbonyl (C=O) groups excluding carboxylic acids is 1. The van der Waals surface area contributed by atoms with Gasteiger partial charge in [0, 0.05) is 55.7 Å². The van der Waals surface area contributed by atoms with Crippen LogP contribution in [0, 0.1) is 0 Å². The average Bonchev–Trinajstić information content (AvgIpc) is 3.20. The summed E-state index contributed by atoms with van der Waals surface area (Å²) in [7, 11) is 0. The van der Waals surface area contributed by atoms with Gasteiger partial charge in [-0.3, -0.25) is 14.7 Å². The smallest absolute Gasteiger partial charge is 0.254 e. The Kier molecular flexibility index (Phi) is 6.65. The number of carbonyl (C=O) groups is 1. The first-order chi connectivity index (χ1) is 14.6. The highest BCUT2D eigenvalue weighted by atomic mass is 16.5. The van der Waals surface area contributed by atoms with Crippen molar-refractivity contribution in [2.24, 2.45) is 0 Å². The molecule has 2 fully saturated rings. The topological polar surface area (TPSA) is 54.9 Å². The molecule has 3 unspecified atom stereocenters. The molecule has 1 aromatic heterocycles. The zero-order chi connectivity index (χ0) is 20.9. The number of hydrogen-bond donors (Lipinski definition) is 0. The molecule has 0 aliphatic carbocycles. The van der Waals surface area contributed by atoms with Crippen molar-refractivity contribution in [2.45, 2.75) is 51.5 Å². The molecule has 30 heavy (non-hydrogen) atoms. The Morgan fingerprint density at radius 1 is 1.20 bits per heavy atom. The summed E-state index contributed by atoms with van der Waals surface area (Å²) >= 11 is 0. The number of hydrogen-bond acceptors (Lipinski definition) is 5. The minimum atomic E-state index is 0.0960. The van der Waals surface area contributed by atoms with Crippen LogP contribution in [0.3, 0.4) is 0 Å². The van der Waals surface area contributed by atoms with Gasteiger partial charge in [-0.1, -0.05) is 12.1 Å². The highest BCUT2D eigenvalue weighted by Crippen LogP contribution is 2.24. The number of rotatable bonds is 6. The molecule has 0 bridgehead atoms. The Bertz CT molecular complexity index is 835. The summed E-state index contributed by atoms with van der Waals surface area (Å²) in [5, 5.41) is 0. The monoisotopic (exact) mass is 409 g/mol. The van der Waals surface area contributed by atoms with Gasteiger partial charge in [-0.15, -0.1) is 0 Å². The number of likely N-dealkylation sites (tertiary alicyclic amines) is 1. The molecule has 0 saturated carbocycles. The van der Waals surface area contributed by atoms with Gasteiger partial charge in [0.25, 0.3) is 5.91 Å². The van der Waals surface area contributed by atoms with Crippen molar-refractivity contribution < 1.29 is 14.3 Å². The Balaban J connectivity index is 1.39. The second-order valence-electron chi connectivity index (χ2n) is 8.45. The highest BCUT2D eigenvalue weighted by Gasteiger charge is 2.33. The molecular weight excluding hydrogens is 378 g/mol. The minimum Gasteiger partial charge on any atom is -0.489 e. The van der Waals surface area contributed by atoms with Gasteiger partial charge >= 0.3 is 0 Å². The molecular formula is C24H31N3O3. The summed E-state index contributed by atoms with van der Waals surface area (Å²) in [6, 6.07) is 11.6. The molecule has 2 aliphatic rings. The zero-order valence-corrected chi connectivity index (χ0v) is 17.9. The summed E-state index contributed by atoms with van der Waals surface area (Å²) in [5.74, 6) is 0.801. The van der Waals surface area contributed by atoms with Crippen LogP contribution in [-0.4, -0.2) is 65.1 Å². The van der Waals surface area contributed by atoms with Gasteiger partial charge in [0.1, 0.15) is 12.4 Å². The molecule has 6 heteroatoms. The summed E-state index contributed by atoms with van der Waals surface area (Å²) in [6.07, 6.45) is 6.14. The number of nitrogens with zero attached hydrogens (tertiary/aromatic N) is 3. The summed E-state index contributed by atoms with van der Waals surface area (Å²) < 4.78 is 11.7. The number of pyridine rings is 1. The maximum absolute atomic E-state index is 13.3. The molecule has 2 aromatic rings. The highest BCUT2D eigenvalue weighted by molar-refractivity contribution is 5.95. The van der Waals surface area contributed by atoms with E-state index in [0.717, 1.165) is 44.6 Å². The van der Waals surface area contributed by atoms with E-state index in [0.29, 0.717) is 17.9 Å². The van der Waals surface area contributed by atoms with E-state index in [1.54, 1.807) is 12.4 Å². The first-order valence-corrected chi connectivity index (χ1v) is 10.9. The van der Waals surface area contributed by atoms with Crippen LogP contribution < -0.4 is 4.74 Å². The van der Waals surface area contributed by atoms with Crippen molar-refractivity contribution in [3.8, 4) is 5.75 Å². The van der Waals surface area contributed by atoms with Crippen LogP contribution in [0.25, 0.3) is 0 Å². The fourth-order valence-corrected chi connectivity index (χ4v) is 4.56. The van der Waals surface area contributed by atoms with Crippen LogP contribution in [-0.2, 0) is 11.3 Å². The van der Waals surface area contributed by atoms with Gasteiger partial charge < -0.3 is 14.4 Å². The number of ether oxygens (including phenoxy) is 2. The fraction of sp³-hybridized carbons (Fsp3) is 0.500. The van der Waals surface area contributed by atoms with Crippen molar-refractivity contribution in [1.82, 2.24) is 14.8 Å². The Labute approximate surface area is 178 Å². The molecule has 0 radical (unpaired) electrons. The summed E-state index contributed by atoms with van der Waals surface area (Å²) in [5.41, 5.74) is 1.69. The Morgan fingerprint density at radius 2 is 2.03 bits per heavy atom. The lowest BCUT2D eigenvalue weighted by Gasteiger charge is -2.38. The lowest BCUT2D eigenvalue weighted by Crippen LogP contribution is -2.50. The molecule has 1 amide bonds. The van der Waals surface area contributed by atoms with E-state index < -0.39 is 0 Å². The number of aromatic nitrogens is 1. The molecule has 0 spiro atoms. The number of amides is 1. The van der Waals surface area contributed by atoms with Crippen LogP contribution in [0.15, 0.2) is 48.8 Å². The predicted molar refractivity (Wildman–Crippen MR) is 116 cm³/mol. The van der Waals surface area contributed by atoms with Crippen molar-refractivity contribution in [3.05, 3.63) is 59.9 Å². The molecule has 3 heterocycles. The van der Waals surface area contributed by atoms with Crippen molar-refractivity contribution in [2.75, 3.05) is 26.2 Å². The van der Waals surface area contributed by atoms with E-state index in [4.69, 9.17) is 9.47 Å². The average molecular weight is 410 g/mol. The maximum Gasteiger partial charge on any atom is 0.254 e. The predicted octanol–water partition coefficient (Wildman–Crippen LogP) is 3.37. The standard InChI is InChI=1S/C24H31N3O3/c1-18-14-26(15-19(2)30-18)16-22-8-5-11-27(22)24(28)21-7-3-9-23(12-21)29-17-20-6-4-10-25-13-20/h3-4,6-7,9-10,12-13,18-19,22H,5,8,11,14-17H2,1-2H3. The third-order valence-corrected chi connectivity index (χ3v) is 5.81. The largest absolute Gasteiger partial charge is 0.489 e. The van der Waals surface area contributed by atoms with Gasteiger partial charge in [0.05, 0.1) is 12.2 Å². The van der Waals surface area contributed by atoms with Crippen LogP contribution in [0.1, 0.15) is 42.6 Å². The molecule has 2 aliphatic heterocycles. The second kappa shape index (κ2) is 9.58. The van der Waals surface area contributed by atoms with Gasteiger partial charge in [-0.25, -0.2) is 0 Å². The fourth-order valence-electron chi connectivity index (χ4n) is 4.56. The third-order valence-electron chi connectivity index (χ3n) is 5.81. The van der Waals surface area contributed by atoms with Gasteiger partial charge in [0.2, 0.25) is 0 Å². The number of morpholine rings is 1. The summed E-state index contributed by atoms with van der Waals surface area (Å²) in [4.78, 5) is 21.9.